The summed E-state index contributed by atoms with van der Waals surface area (Å²) in [5.41, 5.74) is 2.84. The van der Waals surface area contributed by atoms with Crippen LogP contribution in [0.25, 0.3) is 6.08 Å². The van der Waals surface area contributed by atoms with Gasteiger partial charge in [-0.05, 0) is 25.3 Å². The Hall–Kier alpha value is -1.77. The average Bonchev–Trinajstić information content (AvgIpc) is 2.47. The lowest BCUT2D eigenvalue weighted by molar-refractivity contribution is 0.376. The van der Waals surface area contributed by atoms with E-state index in [0.29, 0.717) is 0 Å². The molecule has 1 heterocycles. The van der Waals surface area contributed by atoms with Crippen LogP contribution in [-0.4, -0.2) is 37.5 Å². The number of nitrogens with zero attached hydrogens (tertiary/aromatic N) is 2. The second-order valence-corrected chi connectivity index (χ2v) is 4.78. The number of nitrogens with one attached hydrogen (secondary N) is 1. The minimum Gasteiger partial charge on any atom is -0.357 e. The van der Waals surface area contributed by atoms with Gasteiger partial charge in [0.05, 0.1) is 0 Å². The minimum atomic E-state index is 0.926. The van der Waals surface area contributed by atoms with Gasteiger partial charge in [0.15, 0.2) is 5.96 Å². The van der Waals surface area contributed by atoms with Crippen molar-refractivity contribution in [2.24, 2.45) is 4.99 Å². The van der Waals surface area contributed by atoms with Crippen molar-refractivity contribution in [3.8, 4) is 0 Å². The first-order valence-corrected chi connectivity index (χ1v) is 7.03. The molecule has 102 valence electrons. The molecule has 0 radical (unpaired) electrons. The molecule has 1 saturated heterocycles. The van der Waals surface area contributed by atoms with Crippen LogP contribution in [0, 0.1) is 0 Å². The number of aliphatic imine (C=N–C) groups is 1. The summed E-state index contributed by atoms with van der Waals surface area (Å²) in [6.07, 6.45) is 4.58. The van der Waals surface area contributed by atoms with Gasteiger partial charge in [-0.1, -0.05) is 42.0 Å². The van der Waals surface area contributed by atoms with Gasteiger partial charge in [0, 0.05) is 26.7 Å². The second-order valence-electron chi connectivity index (χ2n) is 4.78. The van der Waals surface area contributed by atoms with E-state index < -0.39 is 0 Å². The van der Waals surface area contributed by atoms with Crippen LogP contribution in [-0.2, 0) is 0 Å². The molecule has 1 aliphatic rings. The third-order valence-electron chi connectivity index (χ3n) is 3.42. The van der Waals surface area contributed by atoms with E-state index in [4.69, 9.17) is 0 Å². The molecule has 2 rings (SSSR count). The highest BCUT2D eigenvalue weighted by Crippen LogP contribution is 2.19. The normalized spacial score (nSPS) is 16.4. The molecule has 0 spiro atoms. The first kappa shape index (κ1) is 13.7. The average molecular weight is 257 g/mol. The number of piperidine rings is 1. The summed E-state index contributed by atoms with van der Waals surface area (Å²) in [4.78, 5) is 6.66. The molecular formula is C16H23N3. The van der Waals surface area contributed by atoms with Gasteiger partial charge >= 0.3 is 0 Å². The van der Waals surface area contributed by atoms with Gasteiger partial charge in [0.1, 0.15) is 0 Å². The van der Waals surface area contributed by atoms with E-state index in [9.17, 15) is 0 Å². The highest BCUT2D eigenvalue weighted by atomic mass is 15.3. The fourth-order valence-electron chi connectivity index (χ4n) is 2.43. The van der Waals surface area contributed by atoms with E-state index in [1.54, 1.807) is 0 Å². The van der Waals surface area contributed by atoms with Crippen LogP contribution in [0.5, 0.6) is 0 Å². The van der Waals surface area contributed by atoms with E-state index in [2.05, 4.69) is 58.5 Å². The van der Waals surface area contributed by atoms with Crippen molar-refractivity contribution in [3.05, 3.63) is 41.5 Å². The number of guanidine groups is 1. The number of likely N-dealkylation sites (tertiary alicyclic amines) is 1. The first-order valence-electron chi connectivity index (χ1n) is 7.03. The number of hydrogen-bond acceptors (Lipinski definition) is 1. The number of benzene rings is 1. The maximum Gasteiger partial charge on any atom is 0.193 e. The lowest BCUT2D eigenvalue weighted by Crippen LogP contribution is -2.44. The zero-order valence-electron chi connectivity index (χ0n) is 11.9. The smallest absolute Gasteiger partial charge is 0.193 e. The quantitative estimate of drug-likeness (QED) is 0.651. The van der Waals surface area contributed by atoms with E-state index in [-0.39, 0.29) is 0 Å². The molecule has 3 heteroatoms. The Kier molecular flexibility index (Phi) is 5.01. The van der Waals surface area contributed by atoms with Gasteiger partial charge in [-0.15, -0.1) is 0 Å². The Labute approximate surface area is 116 Å². The molecule has 0 aromatic heterocycles. The van der Waals surface area contributed by atoms with Crippen LogP contribution < -0.4 is 5.32 Å². The van der Waals surface area contributed by atoms with Crippen molar-refractivity contribution in [3.63, 3.8) is 0 Å². The Morgan fingerprint density at radius 3 is 2.53 bits per heavy atom. The van der Waals surface area contributed by atoms with Crippen molar-refractivity contribution in [2.45, 2.75) is 19.8 Å². The second kappa shape index (κ2) is 6.98. The summed E-state index contributed by atoms with van der Waals surface area (Å²) in [5.74, 6) is 1.03. The molecule has 1 aliphatic heterocycles. The molecule has 1 aromatic carbocycles. The van der Waals surface area contributed by atoms with Crippen LogP contribution in [0.15, 0.2) is 40.9 Å². The molecule has 1 aromatic rings. The van der Waals surface area contributed by atoms with E-state index >= 15 is 0 Å². The number of rotatable bonds is 2. The maximum absolute atomic E-state index is 4.32. The van der Waals surface area contributed by atoms with Crippen LogP contribution in [0.4, 0.5) is 0 Å². The van der Waals surface area contributed by atoms with Gasteiger partial charge in [-0.3, -0.25) is 4.99 Å². The largest absolute Gasteiger partial charge is 0.357 e. The van der Waals surface area contributed by atoms with Crippen molar-refractivity contribution < 1.29 is 0 Å². The van der Waals surface area contributed by atoms with Crippen molar-refractivity contribution in [1.29, 1.82) is 0 Å². The van der Waals surface area contributed by atoms with E-state index in [1.165, 1.54) is 11.1 Å². The Balaban J connectivity index is 1.94. The van der Waals surface area contributed by atoms with Crippen molar-refractivity contribution in [1.82, 2.24) is 10.2 Å². The predicted octanol–water partition coefficient (Wildman–Crippen LogP) is 2.76. The molecule has 1 N–H and O–H groups in total. The molecule has 0 unspecified atom stereocenters. The van der Waals surface area contributed by atoms with Gasteiger partial charge in [-0.2, -0.15) is 0 Å². The molecule has 0 amide bonds. The molecule has 1 fully saturated rings. The van der Waals surface area contributed by atoms with Crippen LogP contribution >= 0.6 is 0 Å². The standard InChI is InChI=1S/C16H23N3/c1-3-18-16(17-2)19-11-9-15(10-12-19)13-14-7-5-4-6-8-14/h4-8,13H,3,9-12H2,1-2H3,(H,17,18). The molecule has 0 bridgehead atoms. The molecule has 3 nitrogen and oxygen atoms in total. The summed E-state index contributed by atoms with van der Waals surface area (Å²) in [6.45, 7) is 5.14. The summed E-state index contributed by atoms with van der Waals surface area (Å²) in [5, 5.41) is 3.32. The Bertz CT molecular complexity index is 438. The fourth-order valence-corrected chi connectivity index (χ4v) is 2.43. The van der Waals surface area contributed by atoms with Crippen LogP contribution in [0.1, 0.15) is 25.3 Å². The summed E-state index contributed by atoms with van der Waals surface area (Å²) >= 11 is 0. The van der Waals surface area contributed by atoms with Crippen molar-refractivity contribution >= 4 is 12.0 Å². The van der Waals surface area contributed by atoms with Gasteiger partial charge in [-0.25, -0.2) is 0 Å². The molecule has 0 saturated carbocycles. The summed E-state index contributed by atoms with van der Waals surface area (Å²) in [6, 6.07) is 10.6. The SMILES string of the molecule is CCNC(=NC)N1CCC(=Cc2ccccc2)CC1. The van der Waals surface area contributed by atoms with E-state index in [0.717, 1.165) is 38.4 Å². The molecule has 0 atom stereocenters. The summed E-state index contributed by atoms with van der Waals surface area (Å²) in [7, 11) is 1.85. The zero-order chi connectivity index (χ0) is 13.5. The molecular weight excluding hydrogens is 234 g/mol. The molecule has 19 heavy (non-hydrogen) atoms. The molecule has 0 aliphatic carbocycles. The monoisotopic (exact) mass is 257 g/mol. The maximum atomic E-state index is 4.32. The predicted molar refractivity (Wildman–Crippen MR) is 82.3 cm³/mol. The van der Waals surface area contributed by atoms with Gasteiger partial charge < -0.3 is 10.2 Å². The minimum absolute atomic E-state index is 0.926. The number of hydrogen-bond donors (Lipinski definition) is 1. The van der Waals surface area contributed by atoms with Crippen LogP contribution in [0.2, 0.25) is 0 Å². The highest BCUT2D eigenvalue weighted by Gasteiger charge is 2.16. The Morgan fingerprint density at radius 1 is 1.26 bits per heavy atom. The van der Waals surface area contributed by atoms with E-state index in [1.807, 2.05) is 7.05 Å². The highest BCUT2D eigenvalue weighted by molar-refractivity contribution is 5.80. The van der Waals surface area contributed by atoms with Crippen molar-refractivity contribution in [2.75, 3.05) is 26.7 Å². The topological polar surface area (TPSA) is 27.6 Å². The third-order valence-corrected chi connectivity index (χ3v) is 3.42. The lowest BCUT2D eigenvalue weighted by Gasteiger charge is -2.31. The third kappa shape index (κ3) is 3.85. The first-order chi connectivity index (χ1) is 9.33. The lowest BCUT2D eigenvalue weighted by atomic mass is 10.0. The van der Waals surface area contributed by atoms with Gasteiger partial charge in [0.25, 0.3) is 0 Å². The summed E-state index contributed by atoms with van der Waals surface area (Å²) < 4.78 is 0. The fraction of sp³-hybridized carbons (Fsp3) is 0.438. The zero-order valence-corrected chi connectivity index (χ0v) is 11.9. The Morgan fingerprint density at radius 2 is 1.95 bits per heavy atom. The van der Waals surface area contributed by atoms with Crippen LogP contribution in [0.3, 0.4) is 0 Å². The van der Waals surface area contributed by atoms with Gasteiger partial charge in [0.2, 0.25) is 0 Å².